The third-order valence-corrected chi connectivity index (χ3v) is 6.57. The number of aryl methyl sites for hydroxylation is 1. The minimum atomic E-state index is -0.181. The third-order valence-electron chi connectivity index (χ3n) is 5.43. The van der Waals surface area contributed by atoms with Crippen molar-refractivity contribution in [1.82, 2.24) is 20.5 Å². The lowest BCUT2D eigenvalue weighted by molar-refractivity contribution is -0.123. The van der Waals surface area contributed by atoms with Crippen LogP contribution >= 0.6 is 35.3 Å². The van der Waals surface area contributed by atoms with E-state index in [0.717, 1.165) is 56.4 Å². The van der Waals surface area contributed by atoms with E-state index in [9.17, 15) is 4.79 Å². The SMILES string of the molecule is CCNC(=NCc1cccc(CN2CCCC(C(N)=O)C2)c1)NCc1ncc(CC)s1.I. The number of thiazole rings is 1. The van der Waals surface area contributed by atoms with Crippen LogP contribution in [0.3, 0.4) is 0 Å². The van der Waals surface area contributed by atoms with Gasteiger partial charge in [0.05, 0.1) is 19.0 Å². The van der Waals surface area contributed by atoms with Crippen LogP contribution in [0.1, 0.15) is 47.7 Å². The number of primary amides is 1. The highest BCUT2D eigenvalue weighted by Gasteiger charge is 2.23. The molecule has 4 N–H and O–H groups in total. The largest absolute Gasteiger partial charge is 0.369 e. The van der Waals surface area contributed by atoms with E-state index in [4.69, 9.17) is 10.7 Å². The summed E-state index contributed by atoms with van der Waals surface area (Å²) < 4.78 is 0. The number of nitrogens with two attached hydrogens (primary N) is 1. The molecule has 2 heterocycles. The summed E-state index contributed by atoms with van der Waals surface area (Å²) in [6.07, 6.45) is 4.89. The fraction of sp³-hybridized carbons (Fsp3) is 0.522. The quantitative estimate of drug-likeness (QED) is 0.245. The van der Waals surface area contributed by atoms with Crippen molar-refractivity contribution in [3.8, 4) is 0 Å². The molecule has 1 aliphatic rings. The van der Waals surface area contributed by atoms with Crippen molar-refractivity contribution in [3.05, 3.63) is 51.5 Å². The number of guanidine groups is 1. The first-order valence-corrected chi connectivity index (χ1v) is 11.9. The highest BCUT2D eigenvalue weighted by atomic mass is 127. The number of amides is 1. The van der Waals surface area contributed by atoms with Gasteiger partial charge in [0, 0.05) is 30.7 Å². The van der Waals surface area contributed by atoms with Crippen molar-refractivity contribution in [2.45, 2.75) is 52.7 Å². The van der Waals surface area contributed by atoms with Crippen LogP contribution in [0.4, 0.5) is 0 Å². The summed E-state index contributed by atoms with van der Waals surface area (Å²) in [5, 5.41) is 7.75. The number of aliphatic imine (C=N–C) groups is 1. The first kappa shape index (κ1) is 26.5. The van der Waals surface area contributed by atoms with E-state index >= 15 is 0 Å². The zero-order chi connectivity index (χ0) is 22.1. The monoisotopic (exact) mass is 570 g/mol. The van der Waals surface area contributed by atoms with E-state index in [1.807, 2.05) is 6.20 Å². The number of piperidine rings is 1. The normalized spacial score (nSPS) is 16.9. The second-order valence-corrected chi connectivity index (χ2v) is 9.12. The minimum Gasteiger partial charge on any atom is -0.369 e. The van der Waals surface area contributed by atoms with Crippen LogP contribution in [0.5, 0.6) is 0 Å². The van der Waals surface area contributed by atoms with Crippen LogP contribution in [-0.4, -0.2) is 41.4 Å². The number of nitrogens with one attached hydrogen (secondary N) is 2. The van der Waals surface area contributed by atoms with Gasteiger partial charge in [0.2, 0.25) is 5.91 Å². The Bertz CT molecular complexity index is 887. The number of carbonyl (C=O) groups is 1. The lowest BCUT2D eigenvalue weighted by Crippen LogP contribution is -2.40. The molecule has 0 bridgehead atoms. The molecule has 1 aliphatic heterocycles. The van der Waals surface area contributed by atoms with E-state index in [-0.39, 0.29) is 35.8 Å². The number of hydrogen-bond donors (Lipinski definition) is 3. The van der Waals surface area contributed by atoms with Crippen molar-refractivity contribution in [3.63, 3.8) is 0 Å². The zero-order valence-corrected chi connectivity index (χ0v) is 22.1. The maximum absolute atomic E-state index is 11.5. The van der Waals surface area contributed by atoms with Crippen LogP contribution in [0.15, 0.2) is 35.5 Å². The number of benzene rings is 1. The van der Waals surface area contributed by atoms with Crippen molar-refractivity contribution in [2.75, 3.05) is 19.6 Å². The Morgan fingerprint density at radius 2 is 2.12 bits per heavy atom. The summed E-state index contributed by atoms with van der Waals surface area (Å²) in [7, 11) is 0. The summed E-state index contributed by atoms with van der Waals surface area (Å²) in [6, 6.07) is 8.53. The second kappa shape index (κ2) is 13.7. The van der Waals surface area contributed by atoms with E-state index in [1.165, 1.54) is 16.0 Å². The van der Waals surface area contributed by atoms with E-state index < -0.39 is 0 Å². The molecule has 9 heteroatoms. The lowest BCUT2D eigenvalue weighted by atomic mass is 9.97. The Morgan fingerprint density at radius 3 is 2.84 bits per heavy atom. The number of hydrogen-bond acceptors (Lipinski definition) is 5. The van der Waals surface area contributed by atoms with Gasteiger partial charge in [-0.05, 0) is 43.9 Å². The Balaban J connectivity index is 0.00000363. The van der Waals surface area contributed by atoms with Gasteiger partial charge in [-0.3, -0.25) is 9.69 Å². The molecular weight excluding hydrogens is 535 g/mol. The molecular formula is C23H35IN6OS. The topological polar surface area (TPSA) is 95.6 Å². The van der Waals surface area contributed by atoms with Crippen LogP contribution in [0.2, 0.25) is 0 Å². The minimum absolute atomic E-state index is 0. The first-order valence-electron chi connectivity index (χ1n) is 11.1. The summed E-state index contributed by atoms with van der Waals surface area (Å²) in [5.74, 6) is 0.586. The lowest BCUT2D eigenvalue weighted by Gasteiger charge is -2.31. The van der Waals surface area contributed by atoms with Gasteiger partial charge >= 0.3 is 0 Å². The van der Waals surface area contributed by atoms with Crippen molar-refractivity contribution < 1.29 is 4.79 Å². The molecule has 0 radical (unpaired) electrons. The van der Waals surface area contributed by atoms with Gasteiger partial charge in [-0.1, -0.05) is 31.2 Å². The molecule has 1 unspecified atom stereocenters. The number of nitrogens with zero attached hydrogens (tertiary/aromatic N) is 3. The molecule has 1 fully saturated rings. The van der Waals surface area contributed by atoms with Crippen molar-refractivity contribution in [1.29, 1.82) is 0 Å². The highest BCUT2D eigenvalue weighted by molar-refractivity contribution is 14.0. The predicted octanol–water partition coefficient (Wildman–Crippen LogP) is 3.28. The molecule has 1 aromatic heterocycles. The molecule has 1 amide bonds. The number of rotatable bonds is 9. The van der Waals surface area contributed by atoms with Crippen LogP contribution in [0, 0.1) is 5.92 Å². The number of aromatic nitrogens is 1. The predicted molar refractivity (Wildman–Crippen MR) is 142 cm³/mol. The van der Waals surface area contributed by atoms with Crippen molar-refractivity contribution >= 4 is 47.2 Å². The maximum Gasteiger partial charge on any atom is 0.221 e. The smallest absolute Gasteiger partial charge is 0.221 e. The molecule has 2 aromatic rings. The summed E-state index contributed by atoms with van der Waals surface area (Å²) >= 11 is 1.74. The number of likely N-dealkylation sites (tertiary alicyclic amines) is 1. The van der Waals surface area contributed by atoms with Gasteiger partial charge in [-0.25, -0.2) is 9.98 Å². The van der Waals surface area contributed by atoms with Gasteiger partial charge < -0.3 is 16.4 Å². The van der Waals surface area contributed by atoms with Crippen molar-refractivity contribution in [2.24, 2.45) is 16.6 Å². The van der Waals surface area contributed by atoms with Crippen LogP contribution < -0.4 is 16.4 Å². The summed E-state index contributed by atoms with van der Waals surface area (Å²) in [5.41, 5.74) is 7.92. The third kappa shape index (κ3) is 8.32. The Morgan fingerprint density at radius 1 is 1.31 bits per heavy atom. The average Bonchev–Trinajstić information content (AvgIpc) is 3.24. The number of carbonyl (C=O) groups excluding carboxylic acids is 1. The molecule has 0 spiro atoms. The highest BCUT2D eigenvalue weighted by Crippen LogP contribution is 2.19. The Hall–Kier alpha value is -1.72. The van der Waals surface area contributed by atoms with Gasteiger partial charge in [0.15, 0.2) is 5.96 Å². The van der Waals surface area contributed by atoms with Gasteiger partial charge in [-0.15, -0.1) is 35.3 Å². The van der Waals surface area contributed by atoms with E-state index in [1.54, 1.807) is 11.3 Å². The Kier molecular flexibility index (Phi) is 11.4. The summed E-state index contributed by atoms with van der Waals surface area (Å²) in [4.78, 5) is 24.4. The summed E-state index contributed by atoms with van der Waals surface area (Å²) in [6.45, 7) is 8.89. The van der Waals surface area contributed by atoms with Gasteiger partial charge in [0.1, 0.15) is 5.01 Å². The molecule has 7 nitrogen and oxygen atoms in total. The van der Waals surface area contributed by atoms with Gasteiger partial charge in [0.25, 0.3) is 0 Å². The standard InChI is InChI=1S/C23H34N6OS.HI/c1-3-20-13-26-21(31-20)14-28-23(25-4-2)27-12-17-7-5-8-18(11-17)15-29-10-6-9-19(16-29)22(24)30;/h5,7-8,11,13,19H,3-4,6,9-10,12,14-16H2,1-2H3,(H2,24,30)(H2,25,27,28);1H. The molecule has 3 rings (SSSR count). The average molecular weight is 571 g/mol. The van der Waals surface area contributed by atoms with E-state index in [2.05, 4.69) is 58.6 Å². The molecule has 1 atom stereocenters. The number of halogens is 1. The van der Waals surface area contributed by atoms with Crippen LogP contribution in [-0.2, 0) is 30.8 Å². The molecule has 176 valence electrons. The molecule has 1 aromatic carbocycles. The van der Waals surface area contributed by atoms with E-state index in [0.29, 0.717) is 13.1 Å². The molecule has 0 saturated carbocycles. The molecule has 1 saturated heterocycles. The first-order chi connectivity index (χ1) is 15.1. The van der Waals surface area contributed by atoms with Crippen LogP contribution in [0.25, 0.3) is 0 Å². The Labute approximate surface area is 212 Å². The fourth-order valence-electron chi connectivity index (χ4n) is 3.78. The molecule has 32 heavy (non-hydrogen) atoms. The fourth-order valence-corrected chi connectivity index (χ4v) is 4.58. The zero-order valence-electron chi connectivity index (χ0n) is 19.0. The second-order valence-electron chi connectivity index (χ2n) is 7.92. The molecule has 0 aliphatic carbocycles. The maximum atomic E-state index is 11.5. The van der Waals surface area contributed by atoms with Gasteiger partial charge in [-0.2, -0.15) is 0 Å².